The SMILES string of the molecule is COc1cc(C=CC(=O)N2C[C@H](C)N(Cc3ccc(F)cc3)C[C@H]2C)cc(Br)c1OC. The predicted octanol–water partition coefficient (Wildman–Crippen LogP) is 4.74. The van der Waals surface area contributed by atoms with Crippen molar-refractivity contribution in [3.63, 3.8) is 0 Å². The molecule has 166 valence electrons. The van der Waals surface area contributed by atoms with Gasteiger partial charge in [-0.1, -0.05) is 12.1 Å². The van der Waals surface area contributed by atoms with Crippen LogP contribution in [0.3, 0.4) is 0 Å². The molecule has 1 aliphatic heterocycles. The monoisotopic (exact) mass is 490 g/mol. The van der Waals surface area contributed by atoms with Gasteiger partial charge in [-0.25, -0.2) is 4.39 Å². The smallest absolute Gasteiger partial charge is 0.246 e. The molecule has 0 unspecified atom stereocenters. The second-order valence-electron chi connectivity index (χ2n) is 7.82. The number of hydrogen-bond donors (Lipinski definition) is 0. The lowest BCUT2D eigenvalue weighted by molar-refractivity contribution is -0.131. The van der Waals surface area contributed by atoms with Crippen molar-refractivity contribution in [2.45, 2.75) is 32.5 Å². The van der Waals surface area contributed by atoms with Crippen molar-refractivity contribution < 1.29 is 18.7 Å². The van der Waals surface area contributed by atoms with E-state index in [0.29, 0.717) is 18.0 Å². The zero-order chi connectivity index (χ0) is 22.5. The van der Waals surface area contributed by atoms with Crippen LogP contribution in [0.2, 0.25) is 0 Å². The summed E-state index contributed by atoms with van der Waals surface area (Å²) in [4.78, 5) is 17.1. The molecule has 0 aliphatic carbocycles. The number of hydrogen-bond acceptors (Lipinski definition) is 4. The Balaban J connectivity index is 1.66. The van der Waals surface area contributed by atoms with Crippen molar-refractivity contribution in [2.75, 3.05) is 27.3 Å². The molecule has 1 amide bonds. The van der Waals surface area contributed by atoms with Gasteiger partial charge in [0.1, 0.15) is 5.82 Å². The van der Waals surface area contributed by atoms with Crippen LogP contribution in [0.1, 0.15) is 25.0 Å². The van der Waals surface area contributed by atoms with Crippen LogP contribution in [0.25, 0.3) is 6.08 Å². The molecule has 3 rings (SSSR count). The molecule has 7 heteroatoms. The third-order valence-corrected chi connectivity index (χ3v) is 6.16. The minimum atomic E-state index is -0.228. The third kappa shape index (κ3) is 5.66. The molecule has 0 spiro atoms. The first-order valence-electron chi connectivity index (χ1n) is 10.2. The molecule has 1 fully saturated rings. The lowest BCUT2D eigenvalue weighted by Crippen LogP contribution is -2.57. The molecule has 31 heavy (non-hydrogen) atoms. The summed E-state index contributed by atoms with van der Waals surface area (Å²) in [6.07, 6.45) is 3.39. The molecule has 0 bridgehead atoms. The van der Waals surface area contributed by atoms with E-state index in [1.54, 1.807) is 26.4 Å². The fourth-order valence-electron chi connectivity index (χ4n) is 3.85. The van der Waals surface area contributed by atoms with E-state index in [1.165, 1.54) is 12.1 Å². The Kier molecular flexibility index (Phi) is 7.73. The van der Waals surface area contributed by atoms with E-state index in [0.717, 1.165) is 28.7 Å². The van der Waals surface area contributed by atoms with Crippen molar-refractivity contribution in [3.8, 4) is 11.5 Å². The van der Waals surface area contributed by atoms with Gasteiger partial charge in [0.05, 0.1) is 18.7 Å². The van der Waals surface area contributed by atoms with E-state index in [-0.39, 0.29) is 23.8 Å². The van der Waals surface area contributed by atoms with Gasteiger partial charge < -0.3 is 14.4 Å². The van der Waals surface area contributed by atoms with Crippen molar-refractivity contribution in [3.05, 3.63) is 63.9 Å². The zero-order valence-corrected chi connectivity index (χ0v) is 19.9. The van der Waals surface area contributed by atoms with Gasteiger partial charge in [0.15, 0.2) is 11.5 Å². The van der Waals surface area contributed by atoms with Gasteiger partial charge in [-0.3, -0.25) is 9.69 Å². The van der Waals surface area contributed by atoms with Gasteiger partial charge in [0.2, 0.25) is 5.91 Å². The second kappa shape index (κ2) is 10.3. The van der Waals surface area contributed by atoms with Crippen LogP contribution >= 0.6 is 15.9 Å². The molecule has 1 saturated heterocycles. The summed E-state index contributed by atoms with van der Waals surface area (Å²) < 4.78 is 24.6. The van der Waals surface area contributed by atoms with Crippen LogP contribution in [-0.2, 0) is 11.3 Å². The number of carbonyl (C=O) groups excluding carboxylic acids is 1. The van der Waals surface area contributed by atoms with Crippen molar-refractivity contribution >= 4 is 27.9 Å². The zero-order valence-electron chi connectivity index (χ0n) is 18.3. The van der Waals surface area contributed by atoms with E-state index in [2.05, 4.69) is 34.7 Å². The minimum absolute atomic E-state index is 0.0216. The molecule has 1 heterocycles. The van der Waals surface area contributed by atoms with Crippen LogP contribution in [0, 0.1) is 5.82 Å². The molecule has 0 aromatic heterocycles. The van der Waals surface area contributed by atoms with Gasteiger partial charge in [-0.05, 0) is 71.2 Å². The average Bonchev–Trinajstić information content (AvgIpc) is 2.75. The highest BCUT2D eigenvalue weighted by Gasteiger charge is 2.31. The molecule has 2 aromatic carbocycles. The summed E-state index contributed by atoms with van der Waals surface area (Å²) in [5.74, 6) is 0.964. The Morgan fingerprint density at radius 3 is 2.48 bits per heavy atom. The summed E-state index contributed by atoms with van der Waals surface area (Å²) in [5, 5.41) is 0. The van der Waals surface area contributed by atoms with Crippen LogP contribution in [-0.4, -0.2) is 55.1 Å². The molecule has 1 aliphatic rings. The molecule has 0 radical (unpaired) electrons. The summed E-state index contributed by atoms with van der Waals surface area (Å²) in [6.45, 7) is 6.32. The standard InChI is InChI=1S/C24H28BrFN2O3/c1-16-14-28(17(2)13-27(16)15-18-5-8-20(26)9-6-18)23(29)10-7-19-11-21(25)24(31-4)22(12-19)30-3/h5-12,16-17H,13-15H2,1-4H3/t16-,17+/m0/s1. The Labute approximate surface area is 191 Å². The number of carbonyl (C=O) groups is 1. The number of piperazine rings is 1. The van der Waals surface area contributed by atoms with Crippen LogP contribution in [0.15, 0.2) is 46.9 Å². The van der Waals surface area contributed by atoms with Gasteiger partial charge >= 0.3 is 0 Å². The summed E-state index contributed by atoms with van der Waals surface area (Å²) >= 11 is 3.48. The van der Waals surface area contributed by atoms with Crippen LogP contribution in [0.4, 0.5) is 4.39 Å². The lowest BCUT2D eigenvalue weighted by atomic mass is 10.1. The Morgan fingerprint density at radius 1 is 1.13 bits per heavy atom. The molecule has 2 aromatic rings. The van der Waals surface area contributed by atoms with E-state index in [9.17, 15) is 9.18 Å². The highest BCUT2D eigenvalue weighted by molar-refractivity contribution is 9.10. The normalized spacial score (nSPS) is 19.6. The topological polar surface area (TPSA) is 42.0 Å². The van der Waals surface area contributed by atoms with Crippen molar-refractivity contribution in [2.24, 2.45) is 0 Å². The Bertz CT molecular complexity index is 949. The lowest BCUT2D eigenvalue weighted by Gasteiger charge is -2.44. The van der Waals surface area contributed by atoms with E-state index >= 15 is 0 Å². The molecule has 0 saturated carbocycles. The molecule has 0 N–H and O–H groups in total. The van der Waals surface area contributed by atoms with E-state index in [4.69, 9.17) is 9.47 Å². The summed E-state index contributed by atoms with van der Waals surface area (Å²) in [7, 11) is 3.16. The van der Waals surface area contributed by atoms with Gasteiger partial charge in [0, 0.05) is 37.8 Å². The second-order valence-corrected chi connectivity index (χ2v) is 8.67. The van der Waals surface area contributed by atoms with Gasteiger partial charge in [-0.2, -0.15) is 0 Å². The maximum atomic E-state index is 13.2. The predicted molar refractivity (Wildman–Crippen MR) is 124 cm³/mol. The number of halogens is 2. The quantitative estimate of drug-likeness (QED) is 0.548. The van der Waals surface area contributed by atoms with Gasteiger partial charge in [-0.15, -0.1) is 0 Å². The molecule has 2 atom stereocenters. The summed E-state index contributed by atoms with van der Waals surface area (Å²) in [5.41, 5.74) is 1.91. The van der Waals surface area contributed by atoms with E-state index in [1.807, 2.05) is 29.2 Å². The first-order valence-corrected chi connectivity index (χ1v) is 11.0. The first-order chi connectivity index (χ1) is 14.8. The first kappa shape index (κ1) is 23.3. The van der Waals surface area contributed by atoms with E-state index < -0.39 is 0 Å². The summed E-state index contributed by atoms with van der Waals surface area (Å²) in [6, 6.07) is 10.6. The largest absolute Gasteiger partial charge is 0.493 e. The van der Waals surface area contributed by atoms with Crippen molar-refractivity contribution in [1.29, 1.82) is 0 Å². The molecule has 5 nitrogen and oxygen atoms in total. The third-order valence-electron chi connectivity index (χ3n) is 5.57. The van der Waals surface area contributed by atoms with Crippen molar-refractivity contribution in [1.82, 2.24) is 9.80 Å². The fourth-order valence-corrected chi connectivity index (χ4v) is 4.47. The minimum Gasteiger partial charge on any atom is -0.493 e. The molecular formula is C24H28BrFN2O3. The highest BCUT2D eigenvalue weighted by Crippen LogP contribution is 2.36. The fraction of sp³-hybridized carbons (Fsp3) is 0.375. The Hall–Kier alpha value is -2.38. The maximum absolute atomic E-state index is 13.2. The number of ether oxygens (including phenoxy) is 2. The number of amides is 1. The Morgan fingerprint density at radius 2 is 1.84 bits per heavy atom. The number of methoxy groups -OCH3 is 2. The number of benzene rings is 2. The maximum Gasteiger partial charge on any atom is 0.246 e. The van der Waals surface area contributed by atoms with Gasteiger partial charge in [0.25, 0.3) is 0 Å². The highest BCUT2D eigenvalue weighted by atomic mass is 79.9. The van der Waals surface area contributed by atoms with Crippen LogP contribution < -0.4 is 9.47 Å². The molecular weight excluding hydrogens is 463 g/mol. The van der Waals surface area contributed by atoms with Crippen LogP contribution in [0.5, 0.6) is 11.5 Å². The average molecular weight is 491 g/mol. The number of rotatable bonds is 6. The number of nitrogens with zero attached hydrogens (tertiary/aromatic N) is 2.